The minimum atomic E-state index is -0.0875. The minimum Gasteiger partial charge on any atom is -0.369 e. The molecule has 4 rings (SSSR count). The van der Waals surface area contributed by atoms with Gasteiger partial charge < -0.3 is 20.4 Å². The molecular formula is C24H28N6O. The number of benzene rings is 2. The van der Waals surface area contributed by atoms with Gasteiger partial charge in [0.25, 0.3) is 0 Å². The Morgan fingerprint density at radius 3 is 2.26 bits per heavy atom. The number of amides is 1. The summed E-state index contributed by atoms with van der Waals surface area (Å²) in [6.07, 6.45) is 1.74. The molecule has 1 fully saturated rings. The van der Waals surface area contributed by atoms with Gasteiger partial charge in [0.15, 0.2) is 0 Å². The molecule has 0 unspecified atom stereocenters. The number of hydrogen-bond acceptors (Lipinski definition) is 6. The standard InChI is InChI=1S/C24H28N6O/c1-3-29-14-16-30(17-15-29)22-10-8-21(9-11-22)27-24-25-13-12-23(28-24)19-4-6-20(7-5-19)26-18(2)31/h4-13H,3,14-17H2,1-2H3,(H,26,31)(H,25,27,28). The topological polar surface area (TPSA) is 73.4 Å². The van der Waals surface area contributed by atoms with Crippen molar-refractivity contribution in [2.75, 3.05) is 48.3 Å². The first-order valence-corrected chi connectivity index (χ1v) is 10.7. The zero-order chi connectivity index (χ0) is 21.6. The van der Waals surface area contributed by atoms with Crippen molar-refractivity contribution in [3.63, 3.8) is 0 Å². The van der Waals surface area contributed by atoms with E-state index in [1.54, 1.807) is 6.20 Å². The summed E-state index contributed by atoms with van der Waals surface area (Å²) in [7, 11) is 0. The summed E-state index contributed by atoms with van der Waals surface area (Å²) >= 11 is 0. The van der Waals surface area contributed by atoms with E-state index in [1.165, 1.54) is 12.6 Å². The van der Waals surface area contributed by atoms with Crippen molar-refractivity contribution in [2.24, 2.45) is 0 Å². The Kier molecular flexibility index (Phi) is 6.43. The molecule has 0 aliphatic carbocycles. The molecule has 1 saturated heterocycles. The number of carbonyl (C=O) groups excluding carboxylic acids is 1. The van der Waals surface area contributed by atoms with E-state index >= 15 is 0 Å². The van der Waals surface area contributed by atoms with Crippen LogP contribution in [-0.2, 0) is 4.79 Å². The third-order valence-electron chi connectivity index (χ3n) is 5.46. The van der Waals surface area contributed by atoms with E-state index < -0.39 is 0 Å². The van der Waals surface area contributed by atoms with Crippen molar-refractivity contribution in [1.29, 1.82) is 0 Å². The third kappa shape index (κ3) is 5.38. The molecule has 1 aliphatic heterocycles. The Morgan fingerprint density at radius 1 is 0.935 bits per heavy atom. The number of nitrogens with one attached hydrogen (secondary N) is 2. The van der Waals surface area contributed by atoms with Gasteiger partial charge in [0.05, 0.1) is 5.69 Å². The highest BCUT2D eigenvalue weighted by molar-refractivity contribution is 5.88. The summed E-state index contributed by atoms with van der Waals surface area (Å²) in [6.45, 7) is 9.18. The second-order valence-electron chi connectivity index (χ2n) is 7.62. The molecule has 31 heavy (non-hydrogen) atoms. The lowest BCUT2D eigenvalue weighted by atomic mass is 10.1. The number of aromatic nitrogens is 2. The second kappa shape index (κ2) is 9.57. The van der Waals surface area contributed by atoms with Crippen molar-refractivity contribution in [3.05, 3.63) is 60.8 Å². The largest absolute Gasteiger partial charge is 0.369 e. The smallest absolute Gasteiger partial charge is 0.227 e. The van der Waals surface area contributed by atoms with Crippen LogP contribution in [-0.4, -0.2) is 53.5 Å². The van der Waals surface area contributed by atoms with E-state index in [9.17, 15) is 4.79 Å². The van der Waals surface area contributed by atoms with Gasteiger partial charge in [-0.1, -0.05) is 19.1 Å². The molecule has 2 N–H and O–H groups in total. The zero-order valence-electron chi connectivity index (χ0n) is 18.0. The van der Waals surface area contributed by atoms with Crippen LogP contribution >= 0.6 is 0 Å². The predicted octanol–water partition coefficient (Wildman–Crippen LogP) is 3.99. The molecule has 3 aromatic rings. The number of rotatable bonds is 6. The van der Waals surface area contributed by atoms with Gasteiger partial charge in [-0.15, -0.1) is 0 Å². The number of carbonyl (C=O) groups is 1. The van der Waals surface area contributed by atoms with E-state index in [0.717, 1.165) is 55.4 Å². The van der Waals surface area contributed by atoms with Gasteiger partial charge in [-0.25, -0.2) is 9.97 Å². The van der Waals surface area contributed by atoms with Crippen LogP contribution in [0.4, 0.5) is 23.0 Å². The number of likely N-dealkylation sites (N-methyl/N-ethyl adjacent to an activating group) is 1. The van der Waals surface area contributed by atoms with Crippen molar-refractivity contribution in [2.45, 2.75) is 13.8 Å². The van der Waals surface area contributed by atoms with Gasteiger partial charge in [-0.3, -0.25) is 4.79 Å². The summed E-state index contributed by atoms with van der Waals surface area (Å²) < 4.78 is 0. The molecule has 0 radical (unpaired) electrons. The number of nitrogens with zero attached hydrogens (tertiary/aromatic N) is 4. The van der Waals surface area contributed by atoms with E-state index in [0.29, 0.717) is 5.95 Å². The highest BCUT2D eigenvalue weighted by atomic mass is 16.1. The van der Waals surface area contributed by atoms with E-state index in [1.807, 2.05) is 30.3 Å². The monoisotopic (exact) mass is 416 g/mol. The highest BCUT2D eigenvalue weighted by Crippen LogP contribution is 2.23. The molecule has 160 valence electrons. The van der Waals surface area contributed by atoms with Crippen LogP contribution in [0.3, 0.4) is 0 Å². The van der Waals surface area contributed by atoms with Crippen molar-refractivity contribution in [3.8, 4) is 11.3 Å². The van der Waals surface area contributed by atoms with Crippen LogP contribution in [0.5, 0.6) is 0 Å². The second-order valence-corrected chi connectivity index (χ2v) is 7.62. The summed E-state index contributed by atoms with van der Waals surface area (Å²) in [5.74, 6) is 0.461. The Labute approximate surface area is 183 Å². The molecular weight excluding hydrogens is 388 g/mol. The number of hydrogen-bond donors (Lipinski definition) is 2. The van der Waals surface area contributed by atoms with Crippen molar-refractivity contribution >= 4 is 28.9 Å². The van der Waals surface area contributed by atoms with Gasteiger partial charge in [0.1, 0.15) is 0 Å². The van der Waals surface area contributed by atoms with Crippen LogP contribution in [0.15, 0.2) is 60.8 Å². The number of piperazine rings is 1. The van der Waals surface area contributed by atoms with Gasteiger partial charge >= 0.3 is 0 Å². The average molecular weight is 417 g/mol. The van der Waals surface area contributed by atoms with Gasteiger partial charge in [0.2, 0.25) is 11.9 Å². The van der Waals surface area contributed by atoms with E-state index in [2.05, 4.69) is 61.6 Å². The fourth-order valence-corrected chi connectivity index (χ4v) is 3.71. The number of anilines is 4. The molecule has 1 amide bonds. The lowest BCUT2D eigenvalue weighted by Crippen LogP contribution is -2.46. The van der Waals surface area contributed by atoms with Crippen LogP contribution in [0, 0.1) is 0 Å². The SMILES string of the molecule is CCN1CCN(c2ccc(Nc3nccc(-c4ccc(NC(C)=O)cc4)n3)cc2)CC1. The first-order chi connectivity index (χ1) is 15.1. The molecule has 1 aromatic heterocycles. The lowest BCUT2D eigenvalue weighted by molar-refractivity contribution is -0.114. The van der Waals surface area contributed by atoms with Crippen LogP contribution < -0.4 is 15.5 Å². The molecule has 2 heterocycles. The normalized spacial score (nSPS) is 14.3. The van der Waals surface area contributed by atoms with Crippen molar-refractivity contribution < 1.29 is 4.79 Å². The Morgan fingerprint density at radius 2 is 1.61 bits per heavy atom. The quantitative estimate of drug-likeness (QED) is 0.633. The molecule has 2 aromatic carbocycles. The molecule has 0 saturated carbocycles. The summed E-state index contributed by atoms with van der Waals surface area (Å²) in [5, 5.41) is 6.06. The molecule has 0 spiro atoms. The highest BCUT2D eigenvalue weighted by Gasteiger charge is 2.15. The van der Waals surface area contributed by atoms with Crippen LogP contribution in [0.2, 0.25) is 0 Å². The Bertz CT molecular complexity index is 1010. The molecule has 7 nitrogen and oxygen atoms in total. The first-order valence-electron chi connectivity index (χ1n) is 10.7. The fourth-order valence-electron chi connectivity index (χ4n) is 3.71. The lowest BCUT2D eigenvalue weighted by Gasteiger charge is -2.35. The summed E-state index contributed by atoms with van der Waals surface area (Å²) in [5.41, 5.74) is 4.74. The maximum Gasteiger partial charge on any atom is 0.227 e. The van der Waals surface area contributed by atoms with E-state index in [-0.39, 0.29) is 5.91 Å². The van der Waals surface area contributed by atoms with E-state index in [4.69, 9.17) is 0 Å². The predicted molar refractivity (Wildman–Crippen MR) is 126 cm³/mol. The molecule has 0 bridgehead atoms. The maximum atomic E-state index is 11.2. The third-order valence-corrected chi connectivity index (χ3v) is 5.46. The summed E-state index contributed by atoms with van der Waals surface area (Å²) in [4.78, 5) is 25.1. The molecule has 1 aliphatic rings. The first kappa shape index (κ1) is 20.8. The zero-order valence-corrected chi connectivity index (χ0v) is 18.0. The fraction of sp³-hybridized carbons (Fsp3) is 0.292. The molecule has 0 atom stereocenters. The Balaban J connectivity index is 1.41. The summed E-state index contributed by atoms with van der Waals surface area (Å²) in [6, 6.07) is 17.9. The molecule has 7 heteroatoms. The van der Waals surface area contributed by atoms with Crippen LogP contribution in [0.1, 0.15) is 13.8 Å². The minimum absolute atomic E-state index is 0.0875. The van der Waals surface area contributed by atoms with Gasteiger partial charge in [-0.2, -0.15) is 0 Å². The van der Waals surface area contributed by atoms with Gasteiger partial charge in [-0.05, 0) is 49.0 Å². The average Bonchev–Trinajstić information content (AvgIpc) is 2.80. The van der Waals surface area contributed by atoms with Crippen LogP contribution in [0.25, 0.3) is 11.3 Å². The maximum absolute atomic E-state index is 11.2. The Hall–Kier alpha value is -3.45. The van der Waals surface area contributed by atoms with Gasteiger partial charge in [0, 0.05) is 61.9 Å². The van der Waals surface area contributed by atoms with Crippen molar-refractivity contribution in [1.82, 2.24) is 14.9 Å².